The first-order chi connectivity index (χ1) is 19.8. The Balaban J connectivity index is 2.26. The van der Waals surface area contributed by atoms with E-state index >= 15 is 0 Å². The molecule has 0 aromatic heterocycles. The first-order valence-electron chi connectivity index (χ1n) is 13.9. The van der Waals surface area contributed by atoms with Crippen molar-refractivity contribution in [2.45, 2.75) is 59.5 Å². The molecule has 0 bridgehead atoms. The van der Waals surface area contributed by atoms with Gasteiger partial charge in [0.15, 0.2) is 11.5 Å². The van der Waals surface area contributed by atoms with E-state index in [0.717, 1.165) is 12.0 Å². The van der Waals surface area contributed by atoms with Crippen molar-refractivity contribution in [3.05, 3.63) is 83.4 Å². The average molecular weight is 571 g/mol. The lowest BCUT2D eigenvalue weighted by Gasteiger charge is -2.37. The Morgan fingerprint density at radius 3 is 1.93 bits per heavy atom. The molecule has 0 radical (unpaired) electrons. The van der Waals surface area contributed by atoms with Crippen molar-refractivity contribution in [2.75, 3.05) is 26.2 Å². The highest BCUT2D eigenvalue weighted by molar-refractivity contribution is 6.10. The molecule has 2 amide bonds. The van der Waals surface area contributed by atoms with E-state index in [9.17, 15) is 9.59 Å². The summed E-state index contributed by atoms with van der Waals surface area (Å²) in [7, 11) is 4.51. The Labute approximate surface area is 250 Å². The van der Waals surface area contributed by atoms with E-state index in [1.807, 2.05) is 75.4 Å². The number of aryl methyl sites for hydroxylation is 1. The summed E-state index contributed by atoms with van der Waals surface area (Å²) in [5, 5.41) is 3.22. The van der Waals surface area contributed by atoms with Gasteiger partial charge in [-0.3, -0.25) is 14.5 Å². The summed E-state index contributed by atoms with van der Waals surface area (Å²) >= 11 is 0. The van der Waals surface area contributed by atoms with Crippen LogP contribution in [0.4, 0.5) is 5.69 Å². The van der Waals surface area contributed by atoms with Gasteiger partial charge < -0.3 is 19.5 Å². The second-order valence-electron chi connectivity index (χ2n) is 12.1. The predicted octanol–water partition coefficient (Wildman–Crippen LogP) is 6.48. The van der Waals surface area contributed by atoms with Crippen LogP contribution in [0, 0.1) is 24.2 Å². The SMILES string of the molecule is COc1cc(N(C(=O)C#Cc2ccccc2)C(C(=O)NC(C)(C)CC(C)(C)C)c2ccc(C)cc2)cc(OC)c1OC. The average Bonchev–Trinajstić information content (AvgIpc) is 2.93. The van der Waals surface area contributed by atoms with Gasteiger partial charge in [-0.25, -0.2) is 0 Å². The molecule has 0 spiro atoms. The molecule has 3 rings (SSSR count). The molecule has 3 aromatic rings. The van der Waals surface area contributed by atoms with Gasteiger partial charge in [-0.15, -0.1) is 0 Å². The van der Waals surface area contributed by atoms with Gasteiger partial charge in [0.1, 0.15) is 6.04 Å². The van der Waals surface area contributed by atoms with Crippen LogP contribution in [0.5, 0.6) is 17.2 Å². The highest BCUT2D eigenvalue weighted by atomic mass is 16.5. The zero-order valence-corrected chi connectivity index (χ0v) is 26.1. The fourth-order valence-corrected chi connectivity index (χ4v) is 5.24. The number of ether oxygens (including phenoxy) is 3. The van der Waals surface area contributed by atoms with Gasteiger partial charge in [-0.05, 0) is 50.3 Å². The Bertz CT molecular complexity index is 1420. The summed E-state index contributed by atoms with van der Waals surface area (Å²) in [5.41, 5.74) is 2.11. The zero-order valence-electron chi connectivity index (χ0n) is 26.1. The largest absolute Gasteiger partial charge is 0.493 e. The van der Waals surface area contributed by atoms with Gasteiger partial charge >= 0.3 is 5.91 Å². The molecule has 42 heavy (non-hydrogen) atoms. The van der Waals surface area contributed by atoms with E-state index in [1.54, 1.807) is 12.1 Å². The van der Waals surface area contributed by atoms with Crippen LogP contribution >= 0.6 is 0 Å². The second-order valence-corrected chi connectivity index (χ2v) is 12.1. The van der Waals surface area contributed by atoms with Gasteiger partial charge in [0.05, 0.1) is 27.0 Å². The Morgan fingerprint density at radius 2 is 1.43 bits per heavy atom. The molecular weight excluding hydrogens is 528 g/mol. The number of methoxy groups -OCH3 is 3. The normalized spacial score (nSPS) is 11.9. The lowest BCUT2D eigenvalue weighted by Crippen LogP contribution is -2.51. The first-order valence-corrected chi connectivity index (χ1v) is 13.9. The molecule has 0 aliphatic carbocycles. The van der Waals surface area contributed by atoms with Crippen LogP contribution in [-0.2, 0) is 9.59 Å². The van der Waals surface area contributed by atoms with Gasteiger partial charge in [0.2, 0.25) is 11.7 Å². The maximum absolute atomic E-state index is 14.3. The molecule has 0 saturated heterocycles. The molecule has 1 atom stereocenters. The highest BCUT2D eigenvalue weighted by Gasteiger charge is 2.37. The van der Waals surface area contributed by atoms with E-state index < -0.39 is 17.5 Å². The minimum Gasteiger partial charge on any atom is -0.493 e. The molecule has 0 aliphatic rings. The lowest BCUT2D eigenvalue weighted by molar-refractivity contribution is -0.126. The number of hydrogen-bond donors (Lipinski definition) is 1. The Hall–Kier alpha value is -4.44. The molecule has 3 aromatic carbocycles. The van der Waals surface area contributed by atoms with Crippen molar-refractivity contribution < 1.29 is 23.8 Å². The fourth-order valence-electron chi connectivity index (χ4n) is 5.24. The third kappa shape index (κ3) is 8.29. The Kier molecular flexibility index (Phi) is 10.3. The van der Waals surface area contributed by atoms with Crippen molar-refractivity contribution >= 4 is 17.5 Å². The fraction of sp³-hybridized carbons (Fsp3) is 0.371. The molecular formula is C35H42N2O5. The lowest BCUT2D eigenvalue weighted by atomic mass is 9.81. The highest BCUT2D eigenvalue weighted by Crippen LogP contribution is 2.43. The van der Waals surface area contributed by atoms with Crippen LogP contribution in [-0.4, -0.2) is 38.7 Å². The summed E-state index contributed by atoms with van der Waals surface area (Å²) in [6.45, 7) is 12.3. The minimum atomic E-state index is -1.05. The number of benzene rings is 3. The molecule has 1 N–H and O–H groups in total. The number of nitrogens with zero attached hydrogens (tertiary/aromatic N) is 1. The molecule has 0 saturated carbocycles. The predicted molar refractivity (Wildman–Crippen MR) is 167 cm³/mol. The number of carbonyl (C=O) groups is 2. The van der Waals surface area contributed by atoms with Crippen molar-refractivity contribution in [3.8, 4) is 29.1 Å². The number of amides is 2. The molecule has 222 valence electrons. The van der Waals surface area contributed by atoms with E-state index in [4.69, 9.17) is 14.2 Å². The number of carbonyl (C=O) groups excluding carboxylic acids is 2. The third-order valence-corrected chi connectivity index (χ3v) is 6.57. The monoisotopic (exact) mass is 570 g/mol. The maximum atomic E-state index is 14.3. The number of anilines is 1. The number of rotatable bonds is 9. The smallest absolute Gasteiger partial charge is 0.304 e. The molecule has 0 fully saturated rings. The van der Waals surface area contributed by atoms with Crippen LogP contribution in [0.1, 0.15) is 63.8 Å². The summed E-state index contributed by atoms with van der Waals surface area (Å²) in [6.07, 6.45) is 0.721. The second kappa shape index (κ2) is 13.5. The molecule has 7 heteroatoms. The molecule has 1 unspecified atom stereocenters. The van der Waals surface area contributed by atoms with Crippen LogP contribution in [0.25, 0.3) is 0 Å². The van der Waals surface area contributed by atoms with E-state index in [-0.39, 0.29) is 11.3 Å². The van der Waals surface area contributed by atoms with Crippen molar-refractivity contribution in [1.29, 1.82) is 0 Å². The van der Waals surface area contributed by atoms with Crippen LogP contribution in [0.2, 0.25) is 0 Å². The van der Waals surface area contributed by atoms with Gasteiger partial charge in [0.25, 0.3) is 0 Å². The van der Waals surface area contributed by atoms with Crippen molar-refractivity contribution in [3.63, 3.8) is 0 Å². The van der Waals surface area contributed by atoms with Gasteiger partial charge in [-0.2, -0.15) is 0 Å². The molecule has 0 heterocycles. The quantitative estimate of drug-likeness (QED) is 0.298. The first kappa shape index (κ1) is 32.1. The number of hydrogen-bond acceptors (Lipinski definition) is 5. The van der Waals surface area contributed by atoms with Crippen molar-refractivity contribution in [1.82, 2.24) is 5.32 Å². The standard InChI is InChI=1S/C35H42N2O5/c1-24-15-18-26(19-16-24)31(33(39)36-35(5,6)23-34(2,3)4)37(30(38)20-17-25-13-11-10-12-14-25)27-21-28(40-7)32(42-9)29(22-27)41-8/h10-16,18-19,21-22,31H,23H2,1-9H3,(H,36,39). The topological polar surface area (TPSA) is 77.1 Å². The molecule has 7 nitrogen and oxygen atoms in total. The summed E-state index contributed by atoms with van der Waals surface area (Å²) < 4.78 is 16.7. The van der Waals surface area contributed by atoms with Gasteiger partial charge in [0, 0.05) is 29.2 Å². The van der Waals surface area contributed by atoms with Crippen molar-refractivity contribution in [2.24, 2.45) is 5.41 Å². The summed E-state index contributed by atoms with van der Waals surface area (Å²) in [5.74, 6) is 5.87. The third-order valence-electron chi connectivity index (χ3n) is 6.57. The van der Waals surface area contributed by atoms with Gasteiger partial charge in [-0.1, -0.05) is 74.7 Å². The van der Waals surface area contributed by atoms with Crippen LogP contribution in [0.3, 0.4) is 0 Å². The van der Waals surface area contributed by atoms with E-state index in [1.165, 1.54) is 26.2 Å². The minimum absolute atomic E-state index is 0.0382. The molecule has 0 aliphatic heterocycles. The van der Waals surface area contributed by atoms with Crippen LogP contribution in [0.15, 0.2) is 66.7 Å². The van der Waals surface area contributed by atoms with Crippen LogP contribution < -0.4 is 24.4 Å². The number of nitrogens with one attached hydrogen (secondary N) is 1. The van der Waals surface area contributed by atoms with E-state index in [2.05, 4.69) is 37.9 Å². The zero-order chi connectivity index (χ0) is 31.1. The van der Waals surface area contributed by atoms with E-state index in [0.29, 0.717) is 34.1 Å². The summed E-state index contributed by atoms with van der Waals surface area (Å²) in [4.78, 5) is 29.8. The summed E-state index contributed by atoms with van der Waals surface area (Å²) in [6, 6.07) is 19.0. The maximum Gasteiger partial charge on any atom is 0.304 e. The Morgan fingerprint density at radius 1 is 0.857 bits per heavy atom.